The minimum absolute atomic E-state index is 0.195. The van der Waals surface area contributed by atoms with Crippen molar-refractivity contribution in [3.8, 4) is 5.75 Å². The maximum absolute atomic E-state index is 11.4. The monoisotopic (exact) mass is 283 g/mol. The predicted molar refractivity (Wildman–Crippen MR) is 76.2 cm³/mol. The van der Waals surface area contributed by atoms with Gasteiger partial charge >= 0.3 is 0 Å². The number of methoxy groups -OCH3 is 1. The molecule has 0 aromatic heterocycles. The molecule has 0 unspecified atom stereocenters. The zero-order chi connectivity index (χ0) is 13.9. The summed E-state index contributed by atoms with van der Waals surface area (Å²) in [5, 5.41) is 3.50. The van der Waals surface area contributed by atoms with Gasteiger partial charge in [-0.25, -0.2) is 8.42 Å². The molecule has 2 rings (SSSR count). The van der Waals surface area contributed by atoms with E-state index in [0.29, 0.717) is 24.3 Å². The molecule has 1 aliphatic heterocycles. The Balaban J connectivity index is 1.95. The summed E-state index contributed by atoms with van der Waals surface area (Å²) in [7, 11) is -1.13. The Labute approximate surface area is 115 Å². The number of hydrogen-bond donors (Lipinski definition) is 1. The molecule has 1 aromatic rings. The van der Waals surface area contributed by atoms with Crippen molar-refractivity contribution in [3.63, 3.8) is 0 Å². The molecule has 5 heteroatoms. The summed E-state index contributed by atoms with van der Waals surface area (Å²) in [6.45, 7) is 2.10. The second kappa shape index (κ2) is 5.92. The second-order valence-corrected chi connectivity index (χ2v) is 7.39. The second-order valence-electron chi connectivity index (χ2n) is 5.09. The molecule has 0 radical (unpaired) electrons. The van der Waals surface area contributed by atoms with Gasteiger partial charge in [0, 0.05) is 12.1 Å². The van der Waals surface area contributed by atoms with Gasteiger partial charge in [0.2, 0.25) is 0 Å². The van der Waals surface area contributed by atoms with E-state index in [-0.39, 0.29) is 12.1 Å². The first-order chi connectivity index (χ1) is 9.00. The van der Waals surface area contributed by atoms with Crippen LogP contribution in [0.15, 0.2) is 24.3 Å². The molecule has 1 heterocycles. The van der Waals surface area contributed by atoms with Gasteiger partial charge < -0.3 is 10.1 Å². The number of sulfone groups is 1. The molecular weight excluding hydrogens is 262 g/mol. The molecule has 0 aliphatic carbocycles. The molecule has 0 bridgehead atoms. The number of ether oxygens (including phenoxy) is 1. The molecule has 1 N–H and O–H groups in total. The van der Waals surface area contributed by atoms with Gasteiger partial charge in [0.25, 0.3) is 0 Å². The van der Waals surface area contributed by atoms with E-state index in [2.05, 4.69) is 18.3 Å². The largest absolute Gasteiger partial charge is 0.497 e. The molecule has 0 spiro atoms. The third kappa shape index (κ3) is 3.94. The lowest BCUT2D eigenvalue weighted by Crippen LogP contribution is -2.38. The first kappa shape index (κ1) is 14.3. The first-order valence-electron chi connectivity index (χ1n) is 6.60. The number of hydrogen-bond acceptors (Lipinski definition) is 4. The minimum atomic E-state index is -2.79. The smallest absolute Gasteiger partial charge is 0.150 e. The van der Waals surface area contributed by atoms with Crippen molar-refractivity contribution in [3.05, 3.63) is 29.8 Å². The standard InChI is InChI=1S/C14H21NO3S/c1-11(12-4-3-5-14(10-12)18-2)15-13-6-8-19(16,17)9-7-13/h3-5,10-11,13,15H,6-9H2,1-2H3/t11-/m1/s1. The van der Waals surface area contributed by atoms with Crippen molar-refractivity contribution in [1.82, 2.24) is 5.32 Å². The fourth-order valence-electron chi connectivity index (χ4n) is 2.42. The maximum Gasteiger partial charge on any atom is 0.150 e. The van der Waals surface area contributed by atoms with E-state index < -0.39 is 9.84 Å². The molecule has 1 atom stereocenters. The fraction of sp³-hybridized carbons (Fsp3) is 0.571. The average Bonchev–Trinajstić information content (AvgIpc) is 2.41. The lowest BCUT2D eigenvalue weighted by Gasteiger charge is -2.27. The summed E-state index contributed by atoms with van der Waals surface area (Å²) in [5.74, 6) is 1.45. The summed E-state index contributed by atoms with van der Waals surface area (Å²) in [5.41, 5.74) is 1.16. The molecule has 106 valence electrons. The van der Waals surface area contributed by atoms with Gasteiger partial charge in [-0.05, 0) is 37.5 Å². The van der Waals surface area contributed by atoms with E-state index in [4.69, 9.17) is 4.74 Å². The van der Waals surface area contributed by atoms with Crippen LogP contribution in [-0.2, 0) is 9.84 Å². The minimum Gasteiger partial charge on any atom is -0.497 e. The zero-order valence-corrected chi connectivity index (χ0v) is 12.2. The first-order valence-corrected chi connectivity index (χ1v) is 8.43. The number of rotatable bonds is 4. The third-order valence-electron chi connectivity index (χ3n) is 3.63. The van der Waals surface area contributed by atoms with Crippen molar-refractivity contribution in [1.29, 1.82) is 0 Å². The number of nitrogens with one attached hydrogen (secondary N) is 1. The zero-order valence-electron chi connectivity index (χ0n) is 11.4. The van der Waals surface area contributed by atoms with E-state index >= 15 is 0 Å². The Morgan fingerprint density at radius 1 is 1.32 bits per heavy atom. The Bertz CT molecular complexity index is 513. The number of benzene rings is 1. The lowest BCUT2D eigenvalue weighted by molar-refractivity contribution is 0.406. The summed E-state index contributed by atoms with van der Waals surface area (Å²) < 4.78 is 28.0. The molecule has 19 heavy (non-hydrogen) atoms. The summed E-state index contributed by atoms with van der Waals surface area (Å²) in [4.78, 5) is 0. The average molecular weight is 283 g/mol. The van der Waals surface area contributed by atoms with Crippen LogP contribution in [0.2, 0.25) is 0 Å². The van der Waals surface area contributed by atoms with Gasteiger partial charge in [0.05, 0.1) is 18.6 Å². The van der Waals surface area contributed by atoms with Crippen LogP contribution < -0.4 is 10.1 Å². The highest BCUT2D eigenvalue weighted by Gasteiger charge is 2.24. The summed E-state index contributed by atoms with van der Waals surface area (Å²) in [6.07, 6.45) is 1.41. The molecule has 4 nitrogen and oxygen atoms in total. The molecular formula is C14H21NO3S. The fourth-order valence-corrected chi connectivity index (χ4v) is 3.91. The summed E-state index contributed by atoms with van der Waals surface area (Å²) in [6, 6.07) is 8.43. The Morgan fingerprint density at radius 3 is 2.63 bits per heavy atom. The molecule has 1 fully saturated rings. The quantitative estimate of drug-likeness (QED) is 0.917. The van der Waals surface area contributed by atoms with Crippen molar-refractivity contribution >= 4 is 9.84 Å². The van der Waals surface area contributed by atoms with E-state index in [1.54, 1.807) is 7.11 Å². The highest BCUT2D eigenvalue weighted by molar-refractivity contribution is 7.91. The van der Waals surface area contributed by atoms with Gasteiger partial charge in [-0.3, -0.25) is 0 Å². The van der Waals surface area contributed by atoms with Crippen LogP contribution in [0.3, 0.4) is 0 Å². The van der Waals surface area contributed by atoms with Gasteiger partial charge in [-0.1, -0.05) is 12.1 Å². The van der Waals surface area contributed by atoms with Gasteiger partial charge in [0.1, 0.15) is 15.6 Å². The van der Waals surface area contributed by atoms with Crippen LogP contribution in [0, 0.1) is 0 Å². The highest BCUT2D eigenvalue weighted by Crippen LogP contribution is 2.21. The predicted octanol–water partition coefficient (Wildman–Crippen LogP) is 1.92. The molecule has 1 aliphatic rings. The van der Waals surface area contributed by atoms with Crippen LogP contribution in [0.25, 0.3) is 0 Å². The van der Waals surface area contributed by atoms with Crippen molar-refractivity contribution < 1.29 is 13.2 Å². The third-order valence-corrected chi connectivity index (χ3v) is 5.35. The van der Waals surface area contributed by atoms with Crippen molar-refractivity contribution in [2.24, 2.45) is 0 Å². The van der Waals surface area contributed by atoms with Crippen molar-refractivity contribution in [2.45, 2.75) is 31.8 Å². The van der Waals surface area contributed by atoms with Crippen LogP contribution in [0.5, 0.6) is 5.75 Å². The Hall–Kier alpha value is -1.07. The van der Waals surface area contributed by atoms with E-state index in [1.807, 2.05) is 18.2 Å². The highest BCUT2D eigenvalue weighted by atomic mass is 32.2. The Kier molecular flexibility index (Phi) is 4.47. The van der Waals surface area contributed by atoms with E-state index in [9.17, 15) is 8.42 Å². The molecule has 1 saturated heterocycles. The maximum atomic E-state index is 11.4. The van der Waals surface area contributed by atoms with Crippen molar-refractivity contribution in [2.75, 3.05) is 18.6 Å². The molecule has 0 saturated carbocycles. The van der Waals surface area contributed by atoms with Crippen LogP contribution >= 0.6 is 0 Å². The summed E-state index contributed by atoms with van der Waals surface area (Å²) >= 11 is 0. The normalized spacial score (nSPS) is 20.9. The molecule has 0 amide bonds. The SMILES string of the molecule is COc1cccc([C@@H](C)NC2CCS(=O)(=O)CC2)c1. The van der Waals surface area contributed by atoms with Crippen LogP contribution in [-0.4, -0.2) is 33.1 Å². The Morgan fingerprint density at radius 2 is 2.00 bits per heavy atom. The van der Waals surface area contributed by atoms with E-state index in [1.165, 1.54) is 0 Å². The lowest BCUT2D eigenvalue weighted by atomic mass is 10.1. The van der Waals surface area contributed by atoms with Gasteiger partial charge in [0.15, 0.2) is 0 Å². The van der Waals surface area contributed by atoms with Gasteiger partial charge in [-0.2, -0.15) is 0 Å². The van der Waals surface area contributed by atoms with E-state index in [0.717, 1.165) is 11.3 Å². The van der Waals surface area contributed by atoms with Gasteiger partial charge in [-0.15, -0.1) is 0 Å². The van der Waals surface area contributed by atoms with Crippen LogP contribution in [0.4, 0.5) is 0 Å². The topological polar surface area (TPSA) is 55.4 Å². The molecule has 1 aromatic carbocycles. The van der Waals surface area contributed by atoms with Crippen LogP contribution in [0.1, 0.15) is 31.4 Å².